The van der Waals surface area contributed by atoms with Gasteiger partial charge >= 0.3 is 36.9 Å². The average molecular weight is 644 g/mol. The number of ketones is 1. The van der Waals surface area contributed by atoms with E-state index in [4.69, 9.17) is 5.73 Å². The molecule has 0 saturated carbocycles. The molecule has 0 spiro atoms. The Hall–Kier alpha value is -2.67. The van der Waals surface area contributed by atoms with Gasteiger partial charge in [0.2, 0.25) is 0 Å². The van der Waals surface area contributed by atoms with Crippen LogP contribution in [0.1, 0.15) is 43.9 Å². The van der Waals surface area contributed by atoms with Gasteiger partial charge in [-0.2, -0.15) is 0 Å². The monoisotopic (exact) mass is 644 g/mol. The second kappa shape index (κ2) is 14.7. The Morgan fingerprint density at radius 2 is 1.43 bits per heavy atom. The number of rotatable bonds is 12. The van der Waals surface area contributed by atoms with E-state index in [0.29, 0.717) is 19.5 Å². The molecule has 2 amide bonds. The number of nitrogens with one attached hydrogen (secondary N) is 3. The van der Waals surface area contributed by atoms with Crippen LogP contribution in [0.4, 0.5) is 0 Å². The van der Waals surface area contributed by atoms with E-state index in [-0.39, 0.29) is 79.6 Å². The van der Waals surface area contributed by atoms with Crippen LogP contribution in [0.3, 0.4) is 0 Å². The van der Waals surface area contributed by atoms with Gasteiger partial charge in [0.25, 0.3) is 17.4 Å². The topological polar surface area (TPSA) is 196 Å². The van der Waals surface area contributed by atoms with Crippen LogP contribution in [0.25, 0.3) is 0 Å². The van der Waals surface area contributed by atoms with Crippen molar-refractivity contribution in [3.05, 3.63) is 51.4 Å². The summed E-state index contributed by atoms with van der Waals surface area (Å²) in [6.07, 6.45) is 1.88. The molecule has 0 bridgehead atoms. The Bertz CT molecular complexity index is 1120. The molecule has 194 valence electrons. The van der Waals surface area contributed by atoms with Gasteiger partial charge in [-0.15, -0.1) is 0 Å². The number of aromatic hydroxyl groups is 3. The number of Topliss-reactive ketones (excluding diaryl/α,β-unsaturated/α-hetero) is 1. The van der Waals surface area contributed by atoms with Crippen LogP contribution < -0.4 is 27.2 Å². The van der Waals surface area contributed by atoms with Gasteiger partial charge in [0.15, 0.2) is 23.0 Å². The Morgan fingerprint density at radius 1 is 0.857 bits per heavy atom. The van der Waals surface area contributed by atoms with Gasteiger partial charge in [0, 0.05) is 45.8 Å². The molecule has 0 aliphatic rings. The smallest absolute Gasteiger partial charge is 0.504 e. The van der Waals surface area contributed by atoms with Gasteiger partial charge in [0.05, 0.1) is 16.7 Å². The van der Waals surface area contributed by atoms with Crippen molar-refractivity contribution in [2.24, 2.45) is 12.8 Å². The number of nitrogens with two attached hydrogens (primary N) is 1. The number of phenols is 2. The number of hydrogen-bond acceptors (Lipinski definition) is 9. The van der Waals surface area contributed by atoms with E-state index in [1.54, 1.807) is 0 Å². The van der Waals surface area contributed by atoms with Crippen molar-refractivity contribution in [1.82, 2.24) is 20.5 Å². The number of aryl methyl sites for hydroxylation is 1. The van der Waals surface area contributed by atoms with Crippen molar-refractivity contribution in [3.63, 3.8) is 0 Å². The molecule has 13 heteroatoms. The van der Waals surface area contributed by atoms with E-state index in [0.717, 1.165) is 4.57 Å². The molecule has 2 aromatic rings. The molecule has 0 radical (unpaired) electrons. The zero-order chi connectivity index (χ0) is 25.3. The minimum atomic E-state index is -0.670. The van der Waals surface area contributed by atoms with Crippen LogP contribution >= 0.6 is 0 Å². The Kier molecular flexibility index (Phi) is 12.7. The summed E-state index contributed by atoms with van der Waals surface area (Å²) < 4.78 is 1.16. The summed E-state index contributed by atoms with van der Waals surface area (Å²) in [5.41, 5.74) is 4.28. The quantitative estimate of drug-likeness (QED) is 0.0877. The summed E-state index contributed by atoms with van der Waals surface area (Å²) in [6.45, 7) is 1.46. The third-order valence-electron chi connectivity index (χ3n) is 4.96. The normalized spacial score (nSPS) is 10.3. The van der Waals surface area contributed by atoms with E-state index < -0.39 is 40.4 Å². The number of amides is 2. The minimum Gasteiger partial charge on any atom is -0.504 e. The van der Waals surface area contributed by atoms with E-state index in [1.807, 2.05) is 0 Å². The number of pyridine rings is 1. The van der Waals surface area contributed by atoms with E-state index in [9.17, 15) is 34.5 Å². The van der Waals surface area contributed by atoms with Crippen LogP contribution in [-0.2, 0) is 7.05 Å². The summed E-state index contributed by atoms with van der Waals surface area (Å²) >= 11 is 0. The van der Waals surface area contributed by atoms with Crippen molar-refractivity contribution in [2.45, 2.75) is 12.8 Å². The fourth-order valence-corrected chi connectivity index (χ4v) is 3.06. The van der Waals surface area contributed by atoms with Gasteiger partial charge in [0.1, 0.15) is 0 Å². The van der Waals surface area contributed by atoms with E-state index >= 15 is 0 Å². The van der Waals surface area contributed by atoms with Gasteiger partial charge < -0.3 is 41.6 Å². The number of carbonyl (C=O) groups is 3. The first-order chi connectivity index (χ1) is 16.2. The largest absolute Gasteiger partial charge is 3.00 e. The molecule has 35 heavy (non-hydrogen) atoms. The summed E-state index contributed by atoms with van der Waals surface area (Å²) in [5.74, 6) is -3.54. The predicted octanol–water partition coefficient (Wildman–Crippen LogP) is -0.827. The molecular formula is C22H29N5O7Tm+3. The van der Waals surface area contributed by atoms with Crippen LogP contribution in [0.5, 0.6) is 17.2 Å². The molecule has 0 fully saturated rings. The second-order valence-electron chi connectivity index (χ2n) is 7.43. The minimum absolute atomic E-state index is 0. The molecule has 0 atom stereocenters. The zero-order valence-corrected chi connectivity index (χ0v) is 20.8. The molecular weight excluding hydrogens is 615 g/mol. The maximum Gasteiger partial charge on any atom is 3.00 e. The first-order valence-electron chi connectivity index (χ1n) is 10.6. The average Bonchev–Trinajstić information content (AvgIpc) is 2.81. The van der Waals surface area contributed by atoms with Gasteiger partial charge in [-0.05, 0) is 31.2 Å². The zero-order valence-electron chi connectivity index (χ0n) is 19.0. The third-order valence-corrected chi connectivity index (χ3v) is 4.96. The van der Waals surface area contributed by atoms with E-state index in [2.05, 4.69) is 16.0 Å². The molecule has 0 saturated heterocycles. The Morgan fingerprint density at radius 3 is 2.09 bits per heavy atom. The molecule has 1 aromatic heterocycles. The second-order valence-corrected chi connectivity index (χ2v) is 7.43. The van der Waals surface area contributed by atoms with Crippen molar-refractivity contribution >= 4 is 17.6 Å². The summed E-state index contributed by atoms with van der Waals surface area (Å²) in [4.78, 5) is 48.0. The van der Waals surface area contributed by atoms with Crippen LogP contribution in [0, 0.1) is 36.9 Å². The number of hydrogen-bond donors (Lipinski definition) is 7. The van der Waals surface area contributed by atoms with Crippen LogP contribution in [-0.4, -0.2) is 70.2 Å². The SMILES string of the molecule is Cn1ccc(C(=O)NCCNCCCC(=O)c2ccc(C(=O)NCCN)c(O)c2O)c(O)c1=O.[Tm+3]. The van der Waals surface area contributed by atoms with Gasteiger partial charge in [-0.3, -0.25) is 19.2 Å². The van der Waals surface area contributed by atoms with Crippen molar-refractivity contribution in [2.75, 3.05) is 32.7 Å². The fraction of sp³-hybridized carbons (Fsp3) is 0.364. The number of carbonyl (C=O) groups excluding carboxylic acids is 3. The van der Waals surface area contributed by atoms with Crippen LogP contribution in [0.15, 0.2) is 29.2 Å². The van der Waals surface area contributed by atoms with Crippen molar-refractivity contribution in [1.29, 1.82) is 0 Å². The van der Waals surface area contributed by atoms with Crippen molar-refractivity contribution in [3.8, 4) is 17.2 Å². The Balaban J connectivity index is 0.00000612. The fourth-order valence-electron chi connectivity index (χ4n) is 3.06. The number of nitrogens with zero attached hydrogens (tertiary/aromatic N) is 1. The van der Waals surface area contributed by atoms with E-state index in [1.165, 1.54) is 31.4 Å². The summed E-state index contributed by atoms with van der Waals surface area (Å²) in [5, 5.41) is 38.0. The number of phenolic OH excluding ortho intramolecular Hbond substituents is 2. The van der Waals surface area contributed by atoms with Crippen molar-refractivity contribution < 1.29 is 66.6 Å². The van der Waals surface area contributed by atoms with Gasteiger partial charge in [-0.25, -0.2) is 0 Å². The third kappa shape index (κ3) is 8.20. The first kappa shape index (κ1) is 30.4. The summed E-state index contributed by atoms with van der Waals surface area (Å²) in [7, 11) is 1.46. The molecule has 1 heterocycles. The molecule has 0 aliphatic carbocycles. The van der Waals surface area contributed by atoms with Gasteiger partial charge in [-0.1, -0.05) is 0 Å². The summed E-state index contributed by atoms with van der Waals surface area (Å²) in [6, 6.07) is 3.89. The van der Waals surface area contributed by atoms with Crippen LogP contribution in [0.2, 0.25) is 0 Å². The Labute approximate surface area is 230 Å². The molecule has 12 nitrogen and oxygen atoms in total. The molecule has 2 rings (SSSR count). The number of aromatic nitrogens is 1. The standard InChI is InChI=1S/C22H29N5O7.Tm/c1-27-12-6-15(19(31)22(27)34)21(33)26-11-10-24-8-2-3-16(28)13-4-5-14(18(30)17(13)29)20(32)25-9-7-23;/h4-6,12,24,29-31H,2-3,7-11,23H2,1H3,(H,25,32)(H,26,33);/q;+3. The number of benzene rings is 1. The molecule has 0 aliphatic heterocycles. The molecule has 0 unspecified atom stereocenters. The molecule has 1 aromatic carbocycles. The maximum absolute atomic E-state index is 12.4. The first-order valence-corrected chi connectivity index (χ1v) is 10.6. The maximum atomic E-state index is 12.4. The predicted molar refractivity (Wildman–Crippen MR) is 123 cm³/mol. The molecule has 8 N–H and O–H groups in total.